The van der Waals surface area contributed by atoms with Gasteiger partial charge in [0.2, 0.25) is 18.3 Å². The molecule has 0 aromatic heterocycles. The van der Waals surface area contributed by atoms with Crippen LogP contribution >= 0.6 is 0 Å². The van der Waals surface area contributed by atoms with Gasteiger partial charge in [0, 0.05) is 11.5 Å². The fourth-order valence-corrected chi connectivity index (χ4v) is 5.89. The molecule has 3 aliphatic rings. The molecule has 0 aliphatic carbocycles. The number of hydrogen-bond acceptors (Lipinski definition) is 19. The maximum atomic E-state index is 13.3. The first-order valence-electron chi connectivity index (χ1n) is 16.4. The van der Waals surface area contributed by atoms with Crippen molar-refractivity contribution in [3.63, 3.8) is 0 Å². The average molecular weight is 759 g/mol. The molecule has 0 amide bonds. The summed E-state index contributed by atoms with van der Waals surface area (Å²) in [6, 6.07) is 3.10. The third-order valence-electron chi connectivity index (χ3n) is 8.81. The maximum absolute atomic E-state index is 13.3. The lowest BCUT2D eigenvalue weighted by Gasteiger charge is -2.42. The molecule has 0 spiro atoms. The standard InChI is InChI=1S/C34H46O19/c1-5-16-17(18(31(44)47-4)13-49-32(16)53-34-29(43)26(40)24(38)21(12-36)50-34)11-23(37)48-14-22-25(39)27(41)28(42)33(51-22)52-30-19(45-2)9-15(7-6-8-35)10-20(30)46-3/h5-7,9-10,13,17,21-22,24-29,32-36,38-43H,8,11-12,14H2,1-4H3/b7-6+,16-5?/t17-,21+,22+,24+,25+,26-,27-,28+,29+,32-,33-,34-/m0/s1. The Morgan fingerprint density at radius 1 is 0.830 bits per heavy atom. The van der Waals surface area contributed by atoms with Crippen molar-refractivity contribution in [2.75, 3.05) is 41.2 Å². The Labute approximate surface area is 303 Å². The highest BCUT2D eigenvalue weighted by Crippen LogP contribution is 2.41. The minimum atomic E-state index is -1.82. The van der Waals surface area contributed by atoms with Crippen molar-refractivity contribution in [2.24, 2.45) is 5.92 Å². The molecule has 12 atom stereocenters. The molecular weight excluding hydrogens is 712 g/mol. The number of benzene rings is 1. The Bertz CT molecular complexity index is 1470. The number of esters is 2. The van der Waals surface area contributed by atoms with E-state index in [0.717, 1.165) is 13.4 Å². The molecule has 1 aromatic carbocycles. The van der Waals surface area contributed by atoms with Crippen molar-refractivity contribution in [3.05, 3.63) is 47.3 Å². The third-order valence-corrected chi connectivity index (χ3v) is 8.81. The van der Waals surface area contributed by atoms with Crippen LogP contribution in [0.25, 0.3) is 6.08 Å². The van der Waals surface area contributed by atoms with E-state index in [1.54, 1.807) is 25.1 Å². The van der Waals surface area contributed by atoms with Crippen molar-refractivity contribution in [1.82, 2.24) is 0 Å². The third kappa shape index (κ3) is 9.45. The van der Waals surface area contributed by atoms with Crippen molar-refractivity contribution in [3.8, 4) is 17.2 Å². The van der Waals surface area contributed by atoms with Crippen molar-refractivity contribution >= 4 is 18.0 Å². The molecule has 53 heavy (non-hydrogen) atoms. The van der Waals surface area contributed by atoms with Gasteiger partial charge in [-0.25, -0.2) is 4.79 Å². The topological polar surface area (TPSA) is 279 Å². The summed E-state index contributed by atoms with van der Waals surface area (Å²) in [6.07, 6.45) is -12.9. The predicted octanol–water partition coefficient (Wildman–Crippen LogP) is -2.38. The van der Waals surface area contributed by atoms with E-state index >= 15 is 0 Å². The summed E-state index contributed by atoms with van der Waals surface area (Å²) in [5.41, 5.74) is 0.629. The Kier molecular flexibility index (Phi) is 15.0. The van der Waals surface area contributed by atoms with Gasteiger partial charge in [0.25, 0.3) is 0 Å². The first-order chi connectivity index (χ1) is 25.3. The molecule has 1 aromatic rings. The Morgan fingerprint density at radius 3 is 2.00 bits per heavy atom. The molecule has 0 unspecified atom stereocenters. The van der Waals surface area contributed by atoms with E-state index in [0.29, 0.717) is 5.56 Å². The average Bonchev–Trinajstić information content (AvgIpc) is 3.16. The summed E-state index contributed by atoms with van der Waals surface area (Å²) in [4.78, 5) is 26.0. The lowest BCUT2D eigenvalue weighted by Crippen LogP contribution is -2.60. The normalized spacial score (nSPS) is 33.9. The number of hydrogen-bond donors (Lipinski definition) is 8. The van der Waals surface area contributed by atoms with E-state index < -0.39 is 105 Å². The Morgan fingerprint density at radius 2 is 1.43 bits per heavy atom. The van der Waals surface area contributed by atoms with Gasteiger partial charge in [-0.15, -0.1) is 0 Å². The second-order valence-corrected chi connectivity index (χ2v) is 12.1. The summed E-state index contributed by atoms with van der Waals surface area (Å²) in [5.74, 6) is -2.64. The van der Waals surface area contributed by atoms with Gasteiger partial charge in [-0.05, 0) is 24.6 Å². The second-order valence-electron chi connectivity index (χ2n) is 12.1. The fourth-order valence-electron chi connectivity index (χ4n) is 5.89. The van der Waals surface area contributed by atoms with Gasteiger partial charge >= 0.3 is 11.9 Å². The van der Waals surface area contributed by atoms with Gasteiger partial charge in [-0.1, -0.05) is 18.2 Å². The summed E-state index contributed by atoms with van der Waals surface area (Å²) in [5, 5.41) is 81.5. The fraction of sp³-hybridized carbons (Fsp3) is 0.588. The molecule has 19 heteroatoms. The van der Waals surface area contributed by atoms with E-state index in [2.05, 4.69) is 0 Å². The van der Waals surface area contributed by atoms with Crippen LogP contribution in [0.5, 0.6) is 17.2 Å². The molecule has 296 valence electrons. The molecule has 0 radical (unpaired) electrons. The Balaban J connectivity index is 1.48. The van der Waals surface area contributed by atoms with Crippen molar-refractivity contribution < 1.29 is 93.1 Å². The van der Waals surface area contributed by atoms with Gasteiger partial charge in [0.15, 0.2) is 17.8 Å². The molecule has 2 fully saturated rings. The first-order valence-corrected chi connectivity index (χ1v) is 16.4. The number of aliphatic hydroxyl groups is 8. The van der Waals surface area contributed by atoms with E-state index in [-0.39, 0.29) is 35.0 Å². The molecule has 4 rings (SSSR count). The molecular formula is C34H46O19. The van der Waals surface area contributed by atoms with Crippen LogP contribution in [0.4, 0.5) is 0 Å². The molecule has 3 heterocycles. The molecule has 3 aliphatic heterocycles. The number of aliphatic hydroxyl groups excluding tert-OH is 8. The number of methoxy groups -OCH3 is 3. The van der Waals surface area contributed by atoms with Gasteiger partial charge in [-0.2, -0.15) is 0 Å². The highest BCUT2D eigenvalue weighted by atomic mass is 16.8. The van der Waals surface area contributed by atoms with Crippen LogP contribution in [-0.2, 0) is 38.0 Å². The highest BCUT2D eigenvalue weighted by Gasteiger charge is 2.48. The van der Waals surface area contributed by atoms with Crippen LogP contribution in [0.1, 0.15) is 18.9 Å². The van der Waals surface area contributed by atoms with Crippen LogP contribution in [0.15, 0.2) is 41.7 Å². The lowest BCUT2D eigenvalue weighted by molar-refractivity contribution is -0.327. The number of rotatable bonds is 14. The molecule has 2 saturated heterocycles. The monoisotopic (exact) mass is 758 g/mol. The van der Waals surface area contributed by atoms with Gasteiger partial charge in [-0.3, -0.25) is 4.79 Å². The molecule has 0 bridgehead atoms. The molecule has 8 N–H and O–H groups in total. The lowest BCUT2D eigenvalue weighted by atomic mass is 9.86. The zero-order chi connectivity index (χ0) is 39.0. The number of carbonyl (C=O) groups is 2. The predicted molar refractivity (Wildman–Crippen MR) is 176 cm³/mol. The number of carbonyl (C=O) groups excluding carboxylic acids is 2. The quantitative estimate of drug-likeness (QED) is 0.0727. The van der Waals surface area contributed by atoms with E-state index in [4.69, 9.17) is 47.7 Å². The molecule has 0 saturated carbocycles. The van der Waals surface area contributed by atoms with E-state index in [9.17, 15) is 45.3 Å². The minimum Gasteiger partial charge on any atom is -0.493 e. The zero-order valence-electron chi connectivity index (χ0n) is 29.3. The smallest absolute Gasteiger partial charge is 0.337 e. The number of ether oxygens (including phenoxy) is 9. The highest BCUT2D eigenvalue weighted by molar-refractivity contribution is 5.90. The largest absolute Gasteiger partial charge is 0.493 e. The Hall–Kier alpha value is -3.86. The van der Waals surface area contributed by atoms with Crippen molar-refractivity contribution in [1.29, 1.82) is 0 Å². The second kappa shape index (κ2) is 18.9. The summed E-state index contributed by atoms with van der Waals surface area (Å²) >= 11 is 0. The van der Waals surface area contributed by atoms with Gasteiger partial charge in [0.1, 0.15) is 55.4 Å². The van der Waals surface area contributed by atoms with E-state index in [1.165, 1.54) is 26.4 Å². The van der Waals surface area contributed by atoms with Crippen LogP contribution < -0.4 is 14.2 Å². The number of allylic oxidation sites excluding steroid dienone is 1. The van der Waals surface area contributed by atoms with Crippen LogP contribution in [0.3, 0.4) is 0 Å². The molecule has 19 nitrogen and oxygen atoms in total. The zero-order valence-corrected chi connectivity index (χ0v) is 29.3. The summed E-state index contributed by atoms with van der Waals surface area (Å²) < 4.78 is 49.4. The maximum Gasteiger partial charge on any atom is 0.337 e. The van der Waals surface area contributed by atoms with Gasteiger partial charge in [0.05, 0.1) is 52.8 Å². The van der Waals surface area contributed by atoms with Crippen LogP contribution in [-0.4, -0.2) is 162 Å². The first kappa shape index (κ1) is 41.9. The summed E-state index contributed by atoms with van der Waals surface area (Å²) in [7, 11) is 3.81. The van der Waals surface area contributed by atoms with Crippen molar-refractivity contribution in [2.45, 2.75) is 81.0 Å². The van der Waals surface area contributed by atoms with Gasteiger partial charge < -0.3 is 83.5 Å². The minimum absolute atomic E-state index is 0.0273. The van der Waals surface area contributed by atoms with Crippen LogP contribution in [0.2, 0.25) is 0 Å². The van der Waals surface area contributed by atoms with Crippen LogP contribution in [0, 0.1) is 5.92 Å². The van der Waals surface area contributed by atoms with E-state index in [1.807, 2.05) is 0 Å². The summed E-state index contributed by atoms with van der Waals surface area (Å²) in [6.45, 7) is -0.0375. The SMILES string of the molecule is CC=C1[C@H](O[C@@H]2O[C@H](CO)[C@@H](O)[C@H](O)[C@H]2O)OC=C(C(=O)OC)[C@H]1CC(=O)OC[C@H]1O[C@@H](Oc2c(OC)cc(/C=C/CO)cc2OC)[C@H](O)[C@@H](O)[C@@H]1O.